The Morgan fingerprint density at radius 1 is 1.13 bits per heavy atom. The van der Waals surface area contributed by atoms with E-state index in [-0.39, 0.29) is 40.8 Å². The molecule has 2 aliphatic heterocycles. The molecule has 0 saturated carbocycles. The molecule has 0 spiro atoms. The number of carbonyl (C=O) groups is 4. The van der Waals surface area contributed by atoms with Gasteiger partial charge in [-0.25, -0.2) is 0 Å². The van der Waals surface area contributed by atoms with E-state index in [1.165, 1.54) is 41.3 Å². The second-order valence-corrected chi connectivity index (χ2v) is 7.39. The first-order valence-electron chi connectivity index (χ1n) is 9.60. The Morgan fingerprint density at radius 3 is 2.60 bits per heavy atom. The van der Waals surface area contributed by atoms with Crippen LogP contribution in [0.25, 0.3) is 0 Å². The summed E-state index contributed by atoms with van der Waals surface area (Å²) in [5.41, 5.74) is 1.39. The van der Waals surface area contributed by atoms with Gasteiger partial charge in [0.25, 0.3) is 17.7 Å². The van der Waals surface area contributed by atoms with Gasteiger partial charge in [-0.15, -0.1) is 0 Å². The molecule has 0 bridgehead atoms. The molecule has 2 aliphatic rings. The zero-order valence-corrected chi connectivity index (χ0v) is 16.3. The molecule has 1 N–H and O–H groups in total. The number of nitrogens with one attached hydrogen (secondary N) is 1. The average molecular weight is 407 g/mol. The van der Waals surface area contributed by atoms with Crippen molar-refractivity contribution >= 4 is 29.4 Å². The van der Waals surface area contributed by atoms with E-state index in [1.807, 2.05) is 0 Å². The molecule has 0 aliphatic carbocycles. The maximum Gasteiger partial charge on any atom is 0.261 e. The van der Waals surface area contributed by atoms with Crippen molar-refractivity contribution in [1.82, 2.24) is 4.90 Å². The third-order valence-electron chi connectivity index (χ3n) is 5.36. The lowest BCUT2D eigenvalue weighted by Gasteiger charge is -2.17. The van der Waals surface area contributed by atoms with Gasteiger partial charge in [0.1, 0.15) is 0 Å². The fourth-order valence-corrected chi connectivity index (χ4v) is 3.71. The fraction of sp³-hybridized carbons (Fsp3) is 0.273. The minimum absolute atomic E-state index is 0.0675. The Morgan fingerprint density at radius 2 is 1.90 bits per heavy atom. The van der Waals surface area contributed by atoms with E-state index in [0.29, 0.717) is 17.9 Å². The summed E-state index contributed by atoms with van der Waals surface area (Å²) in [5, 5.41) is 13.8. The Kier molecular flexibility index (Phi) is 5.09. The number of fused-ring (bicyclic) bond motifs is 1. The maximum atomic E-state index is 12.7. The van der Waals surface area contributed by atoms with Crippen LogP contribution in [0.5, 0.6) is 0 Å². The van der Waals surface area contributed by atoms with Gasteiger partial charge in [0.2, 0.25) is 0 Å². The van der Waals surface area contributed by atoms with Crippen molar-refractivity contribution in [2.75, 3.05) is 18.5 Å². The Balaban J connectivity index is 1.53. The van der Waals surface area contributed by atoms with Crippen molar-refractivity contribution < 1.29 is 29.0 Å². The number of amides is 3. The first-order chi connectivity index (χ1) is 14.3. The SMILES string of the molecule is Cc1ccc(C(=O)Nc2ccc3c(c2)C(=O)N(C[C@@H]2CCCO2)C3=O)cc1C(=O)[O-]. The fourth-order valence-electron chi connectivity index (χ4n) is 3.71. The van der Waals surface area contributed by atoms with E-state index >= 15 is 0 Å². The highest BCUT2D eigenvalue weighted by Gasteiger charge is 2.37. The predicted molar refractivity (Wildman–Crippen MR) is 104 cm³/mol. The van der Waals surface area contributed by atoms with Crippen LogP contribution >= 0.6 is 0 Å². The van der Waals surface area contributed by atoms with Crippen LogP contribution in [0, 0.1) is 6.92 Å². The third-order valence-corrected chi connectivity index (χ3v) is 5.36. The summed E-state index contributed by atoms with van der Waals surface area (Å²) in [6.45, 7) is 2.45. The van der Waals surface area contributed by atoms with Crippen LogP contribution < -0.4 is 10.4 Å². The van der Waals surface area contributed by atoms with E-state index < -0.39 is 17.8 Å². The summed E-state index contributed by atoms with van der Waals surface area (Å²) in [5.74, 6) is -2.70. The first kappa shape index (κ1) is 19.8. The van der Waals surface area contributed by atoms with Crippen molar-refractivity contribution in [3.05, 3.63) is 64.2 Å². The highest BCUT2D eigenvalue weighted by molar-refractivity contribution is 6.22. The molecule has 1 fully saturated rings. The minimum atomic E-state index is -1.37. The minimum Gasteiger partial charge on any atom is -0.545 e. The van der Waals surface area contributed by atoms with E-state index in [9.17, 15) is 24.3 Å². The number of aromatic carboxylic acids is 1. The second-order valence-electron chi connectivity index (χ2n) is 7.39. The van der Waals surface area contributed by atoms with E-state index in [0.717, 1.165) is 12.8 Å². The lowest BCUT2D eigenvalue weighted by atomic mass is 10.0. The van der Waals surface area contributed by atoms with Crippen LogP contribution in [0.15, 0.2) is 36.4 Å². The summed E-state index contributed by atoms with van der Waals surface area (Å²) in [6.07, 6.45) is 1.56. The molecular weight excluding hydrogens is 388 g/mol. The Hall–Kier alpha value is -3.52. The van der Waals surface area contributed by atoms with Gasteiger partial charge in [-0.3, -0.25) is 19.3 Å². The molecule has 1 saturated heterocycles. The maximum absolute atomic E-state index is 12.7. The van der Waals surface area contributed by atoms with Crippen molar-refractivity contribution in [3.8, 4) is 0 Å². The number of carboxylic acids is 1. The lowest BCUT2D eigenvalue weighted by Crippen LogP contribution is -2.36. The number of anilines is 1. The highest BCUT2D eigenvalue weighted by atomic mass is 16.5. The van der Waals surface area contributed by atoms with Crippen LogP contribution in [0.2, 0.25) is 0 Å². The Labute approximate surface area is 172 Å². The molecule has 0 radical (unpaired) electrons. The molecule has 154 valence electrons. The number of imide groups is 1. The van der Waals surface area contributed by atoms with Crippen LogP contribution in [0.1, 0.15) is 59.8 Å². The van der Waals surface area contributed by atoms with Crippen LogP contribution in [-0.2, 0) is 4.74 Å². The van der Waals surface area contributed by atoms with Crippen LogP contribution in [0.3, 0.4) is 0 Å². The number of nitrogens with zero attached hydrogens (tertiary/aromatic N) is 1. The predicted octanol–water partition coefficient (Wildman–Crippen LogP) is 1.39. The van der Waals surface area contributed by atoms with E-state index in [1.54, 1.807) is 6.92 Å². The average Bonchev–Trinajstić information content (AvgIpc) is 3.31. The summed E-state index contributed by atoms with van der Waals surface area (Å²) in [4.78, 5) is 50.2. The molecule has 30 heavy (non-hydrogen) atoms. The summed E-state index contributed by atoms with van der Waals surface area (Å²) in [7, 11) is 0. The quantitative estimate of drug-likeness (QED) is 0.749. The number of carbonyl (C=O) groups excluding carboxylic acids is 4. The van der Waals surface area contributed by atoms with Gasteiger partial charge < -0.3 is 20.0 Å². The van der Waals surface area contributed by atoms with E-state index in [4.69, 9.17) is 4.74 Å². The zero-order chi connectivity index (χ0) is 21.4. The number of hydrogen-bond acceptors (Lipinski definition) is 6. The molecule has 2 aromatic carbocycles. The molecule has 1 atom stereocenters. The topological polar surface area (TPSA) is 116 Å². The summed E-state index contributed by atoms with van der Waals surface area (Å²) in [6, 6.07) is 8.76. The van der Waals surface area contributed by atoms with Gasteiger partial charge >= 0.3 is 0 Å². The lowest BCUT2D eigenvalue weighted by molar-refractivity contribution is -0.255. The van der Waals surface area contributed by atoms with Crippen molar-refractivity contribution in [1.29, 1.82) is 0 Å². The molecule has 8 heteroatoms. The number of aryl methyl sites for hydroxylation is 1. The van der Waals surface area contributed by atoms with E-state index in [2.05, 4.69) is 5.32 Å². The summed E-state index contributed by atoms with van der Waals surface area (Å²) < 4.78 is 5.52. The van der Waals surface area contributed by atoms with Gasteiger partial charge in [-0.1, -0.05) is 6.07 Å². The Bertz CT molecular complexity index is 1070. The van der Waals surface area contributed by atoms with Gasteiger partial charge in [-0.05, 0) is 55.7 Å². The molecule has 0 unspecified atom stereocenters. The molecule has 8 nitrogen and oxygen atoms in total. The number of hydrogen-bond donors (Lipinski definition) is 1. The van der Waals surface area contributed by atoms with Crippen molar-refractivity contribution in [2.24, 2.45) is 0 Å². The van der Waals surface area contributed by atoms with Crippen LogP contribution in [0.4, 0.5) is 5.69 Å². The van der Waals surface area contributed by atoms with Crippen molar-refractivity contribution in [2.45, 2.75) is 25.9 Å². The van der Waals surface area contributed by atoms with Crippen molar-refractivity contribution in [3.63, 3.8) is 0 Å². The van der Waals surface area contributed by atoms with Gasteiger partial charge in [0, 0.05) is 23.4 Å². The summed E-state index contributed by atoms with van der Waals surface area (Å²) >= 11 is 0. The first-order valence-corrected chi connectivity index (χ1v) is 9.60. The molecular formula is C22H19N2O6-. The normalized spacial score (nSPS) is 17.9. The molecule has 4 rings (SSSR count). The monoisotopic (exact) mass is 407 g/mol. The third kappa shape index (κ3) is 3.57. The molecule has 0 aromatic heterocycles. The number of benzene rings is 2. The largest absolute Gasteiger partial charge is 0.545 e. The smallest absolute Gasteiger partial charge is 0.261 e. The number of carboxylic acid groups (broad SMARTS) is 1. The van der Waals surface area contributed by atoms with Gasteiger partial charge in [-0.2, -0.15) is 0 Å². The van der Waals surface area contributed by atoms with Gasteiger partial charge in [0.15, 0.2) is 0 Å². The number of rotatable bonds is 5. The van der Waals surface area contributed by atoms with Gasteiger partial charge in [0.05, 0.1) is 29.7 Å². The second kappa shape index (κ2) is 7.72. The zero-order valence-electron chi connectivity index (χ0n) is 16.3. The molecule has 2 aromatic rings. The number of ether oxygens (including phenoxy) is 1. The standard InChI is InChI=1S/C22H20N2O6/c1-12-4-5-13(9-17(12)22(28)29)19(25)23-14-6-7-16-18(10-14)21(27)24(20(16)26)11-15-3-2-8-30-15/h4-7,9-10,15H,2-3,8,11H2,1H3,(H,23,25)(H,28,29)/p-1/t15-/m0/s1. The molecule has 2 heterocycles. The highest BCUT2D eigenvalue weighted by Crippen LogP contribution is 2.27. The molecule has 3 amide bonds. The van der Waals surface area contributed by atoms with Crippen LogP contribution in [-0.4, -0.2) is 47.8 Å².